The highest BCUT2D eigenvalue weighted by atomic mass is 19.1. The molecule has 0 saturated heterocycles. The van der Waals surface area contributed by atoms with Crippen molar-refractivity contribution in [2.75, 3.05) is 19.5 Å². The number of amides is 1. The smallest absolute Gasteiger partial charge is 0.255 e. The number of para-hydroxylation sites is 1. The Morgan fingerprint density at radius 2 is 1.70 bits per heavy atom. The third-order valence-electron chi connectivity index (χ3n) is 5.24. The van der Waals surface area contributed by atoms with Crippen molar-refractivity contribution >= 4 is 17.4 Å². The van der Waals surface area contributed by atoms with E-state index in [1.165, 1.54) is 24.3 Å². The number of anilines is 1. The van der Waals surface area contributed by atoms with Gasteiger partial charge < -0.3 is 14.8 Å². The Bertz CT molecular complexity index is 1140. The quantitative estimate of drug-likeness (QED) is 0.656. The molecule has 6 heteroatoms. The maximum Gasteiger partial charge on any atom is 0.255 e. The second-order valence-electron chi connectivity index (χ2n) is 6.94. The Kier molecular flexibility index (Phi) is 5.23. The van der Waals surface area contributed by atoms with E-state index in [1.54, 1.807) is 20.3 Å². The number of hydrogen-bond acceptors (Lipinski definition) is 4. The number of hydrogen-bond donors (Lipinski definition) is 1. The van der Waals surface area contributed by atoms with Crippen LogP contribution in [0.4, 0.5) is 10.1 Å². The first-order chi connectivity index (χ1) is 14.5. The Labute approximate surface area is 173 Å². The van der Waals surface area contributed by atoms with Crippen molar-refractivity contribution in [2.45, 2.75) is 12.8 Å². The van der Waals surface area contributed by atoms with Gasteiger partial charge in [0.05, 0.1) is 19.9 Å². The van der Waals surface area contributed by atoms with E-state index in [4.69, 9.17) is 9.47 Å². The first-order valence-corrected chi connectivity index (χ1v) is 9.51. The monoisotopic (exact) mass is 405 g/mol. The summed E-state index contributed by atoms with van der Waals surface area (Å²) in [6.07, 6.45) is 0.947. The summed E-state index contributed by atoms with van der Waals surface area (Å²) in [5.41, 5.74) is 3.82. The summed E-state index contributed by atoms with van der Waals surface area (Å²) in [4.78, 5) is 25.2. The molecule has 0 aliphatic heterocycles. The van der Waals surface area contributed by atoms with E-state index < -0.39 is 11.7 Å². The van der Waals surface area contributed by atoms with E-state index in [-0.39, 0.29) is 5.78 Å². The van der Waals surface area contributed by atoms with Crippen LogP contribution in [0.25, 0.3) is 11.1 Å². The van der Waals surface area contributed by atoms with Gasteiger partial charge in [0, 0.05) is 23.1 Å². The number of rotatable bonds is 5. The van der Waals surface area contributed by atoms with Crippen molar-refractivity contribution in [3.8, 4) is 22.6 Å². The van der Waals surface area contributed by atoms with Crippen molar-refractivity contribution in [1.82, 2.24) is 0 Å². The largest absolute Gasteiger partial charge is 0.493 e. The highest BCUT2D eigenvalue weighted by Crippen LogP contribution is 2.43. The second kappa shape index (κ2) is 7.99. The molecular formula is C24H20FNO4. The number of fused-ring (bicyclic) bond motifs is 1. The molecule has 1 aliphatic rings. The average Bonchev–Trinajstić information content (AvgIpc) is 3.16. The molecule has 0 saturated carbocycles. The van der Waals surface area contributed by atoms with Crippen molar-refractivity contribution in [3.63, 3.8) is 0 Å². The molecule has 0 radical (unpaired) electrons. The van der Waals surface area contributed by atoms with Crippen LogP contribution in [0.3, 0.4) is 0 Å². The summed E-state index contributed by atoms with van der Waals surface area (Å²) in [5, 5.41) is 2.80. The summed E-state index contributed by atoms with van der Waals surface area (Å²) in [6.45, 7) is 0. The fourth-order valence-electron chi connectivity index (χ4n) is 3.84. The first kappa shape index (κ1) is 19.6. The molecule has 152 valence electrons. The van der Waals surface area contributed by atoms with Gasteiger partial charge in [0.2, 0.25) is 0 Å². The molecule has 0 fully saturated rings. The summed E-state index contributed by atoms with van der Waals surface area (Å²) >= 11 is 0. The van der Waals surface area contributed by atoms with Crippen LogP contribution < -0.4 is 14.8 Å². The van der Waals surface area contributed by atoms with Crippen LogP contribution in [0.2, 0.25) is 0 Å². The van der Waals surface area contributed by atoms with Crippen molar-refractivity contribution < 1.29 is 23.5 Å². The zero-order valence-electron chi connectivity index (χ0n) is 16.6. The fourth-order valence-corrected chi connectivity index (χ4v) is 3.84. The highest BCUT2D eigenvalue weighted by Gasteiger charge is 2.28. The molecule has 30 heavy (non-hydrogen) atoms. The third-order valence-corrected chi connectivity index (χ3v) is 5.24. The van der Waals surface area contributed by atoms with Crippen molar-refractivity contribution in [2.24, 2.45) is 0 Å². The van der Waals surface area contributed by atoms with Crippen molar-refractivity contribution in [3.05, 3.63) is 77.1 Å². The fraction of sp³-hybridized carbons (Fsp3) is 0.167. The topological polar surface area (TPSA) is 64.6 Å². The summed E-state index contributed by atoms with van der Waals surface area (Å²) < 4.78 is 24.1. The standard InChI is InChI=1S/C24H20FNO4/c1-29-21-5-3-4-18(23(21)30-2)16-10-12-19(22-17(16)11-13-20(22)27)26-24(28)14-6-8-15(25)9-7-14/h3-10,12H,11,13H2,1-2H3,(H,26,28). The van der Waals surface area contributed by atoms with Crippen LogP contribution >= 0.6 is 0 Å². The Balaban J connectivity index is 1.77. The molecule has 1 amide bonds. The number of halogens is 1. The van der Waals surface area contributed by atoms with Crippen LogP contribution in [-0.2, 0) is 6.42 Å². The number of ether oxygens (including phenoxy) is 2. The van der Waals surface area contributed by atoms with Gasteiger partial charge in [-0.1, -0.05) is 18.2 Å². The summed E-state index contributed by atoms with van der Waals surface area (Å²) in [7, 11) is 3.15. The molecule has 0 unspecified atom stereocenters. The van der Waals surface area contributed by atoms with Gasteiger partial charge in [0.1, 0.15) is 5.82 Å². The Morgan fingerprint density at radius 1 is 0.933 bits per heavy atom. The minimum Gasteiger partial charge on any atom is -0.493 e. The Hall–Kier alpha value is -3.67. The molecule has 1 N–H and O–H groups in total. The zero-order chi connectivity index (χ0) is 21.3. The van der Waals surface area contributed by atoms with Gasteiger partial charge in [0.15, 0.2) is 17.3 Å². The van der Waals surface area contributed by atoms with Crippen molar-refractivity contribution in [1.29, 1.82) is 0 Å². The Morgan fingerprint density at radius 3 is 2.40 bits per heavy atom. The molecule has 5 nitrogen and oxygen atoms in total. The number of carbonyl (C=O) groups excluding carboxylic acids is 2. The molecule has 0 spiro atoms. The number of carbonyl (C=O) groups is 2. The number of ketones is 1. The van der Waals surface area contributed by atoms with Crippen LogP contribution in [-0.4, -0.2) is 25.9 Å². The molecule has 0 heterocycles. The molecule has 0 atom stereocenters. The molecule has 0 aromatic heterocycles. The van der Waals surface area contributed by atoms with Gasteiger partial charge in [-0.2, -0.15) is 0 Å². The normalized spacial score (nSPS) is 12.4. The van der Waals surface area contributed by atoms with Gasteiger partial charge in [-0.05, 0) is 53.9 Å². The van der Waals surface area contributed by atoms with Gasteiger partial charge in [-0.25, -0.2) is 4.39 Å². The van der Waals surface area contributed by atoms with Crippen LogP contribution in [0.15, 0.2) is 54.6 Å². The number of Topliss-reactive ketones (excluding diaryl/α,β-unsaturated/α-hetero) is 1. The van der Waals surface area contributed by atoms with Gasteiger partial charge in [-0.15, -0.1) is 0 Å². The summed E-state index contributed by atoms with van der Waals surface area (Å²) in [6, 6.07) is 14.4. The molecule has 3 aromatic rings. The minimum atomic E-state index is -0.417. The lowest BCUT2D eigenvalue weighted by molar-refractivity contribution is 0.0995. The van der Waals surface area contributed by atoms with Gasteiger partial charge in [0.25, 0.3) is 5.91 Å². The zero-order valence-corrected chi connectivity index (χ0v) is 16.6. The molecule has 4 rings (SSSR count). The van der Waals surface area contributed by atoms with E-state index in [0.29, 0.717) is 41.2 Å². The van der Waals surface area contributed by atoms with Crippen LogP contribution in [0, 0.1) is 5.82 Å². The highest BCUT2D eigenvalue weighted by molar-refractivity contribution is 6.12. The van der Waals surface area contributed by atoms with Crippen LogP contribution in [0.5, 0.6) is 11.5 Å². The number of benzene rings is 3. The first-order valence-electron chi connectivity index (χ1n) is 9.51. The SMILES string of the molecule is COc1cccc(-c2ccc(NC(=O)c3ccc(F)cc3)c3c2CCC3=O)c1OC. The molecule has 3 aromatic carbocycles. The second-order valence-corrected chi connectivity index (χ2v) is 6.94. The minimum absolute atomic E-state index is 0.0249. The molecule has 0 bridgehead atoms. The lowest BCUT2D eigenvalue weighted by Gasteiger charge is -2.17. The summed E-state index contributed by atoms with van der Waals surface area (Å²) in [5.74, 6) is 0.345. The van der Waals surface area contributed by atoms with Crippen LogP contribution in [0.1, 0.15) is 32.7 Å². The van der Waals surface area contributed by atoms with E-state index in [2.05, 4.69) is 5.32 Å². The maximum absolute atomic E-state index is 13.1. The van der Waals surface area contributed by atoms with E-state index >= 15 is 0 Å². The number of nitrogens with one attached hydrogen (secondary N) is 1. The number of methoxy groups -OCH3 is 2. The van der Waals surface area contributed by atoms with E-state index in [1.807, 2.05) is 24.3 Å². The van der Waals surface area contributed by atoms with Gasteiger partial charge >= 0.3 is 0 Å². The predicted molar refractivity (Wildman–Crippen MR) is 112 cm³/mol. The lowest BCUT2D eigenvalue weighted by atomic mass is 9.94. The average molecular weight is 405 g/mol. The van der Waals surface area contributed by atoms with E-state index in [9.17, 15) is 14.0 Å². The molecule has 1 aliphatic carbocycles. The lowest BCUT2D eigenvalue weighted by Crippen LogP contribution is -2.14. The predicted octanol–water partition coefficient (Wildman–Crippen LogP) is 4.89. The molecular weight excluding hydrogens is 385 g/mol. The van der Waals surface area contributed by atoms with E-state index in [0.717, 1.165) is 16.7 Å². The maximum atomic E-state index is 13.1. The third kappa shape index (κ3) is 3.41. The van der Waals surface area contributed by atoms with Gasteiger partial charge in [-0.3, -0.25) is 9.59 Å².